The van der Waals surface area contributed by atoms with Gasteiger partial charge >= 0.3 is 5.69 Å². The average molecular weight is 356 g/mol. The zero-order chi connectivity index (χ0) is 18.4. The van der Waals surface area contributed by atoms with E-state index in [0.717, 1.165) is 16.7 Å². The number of hydrogen-bond acceptors (Lipinski definition) is 5. The maximum absolute atomic E-state index is 12.5. The molecule has 136 valence electrons. The number of aromatic nitrogens is 4. The fourth-order valence-electron chi connectivity index (χ4n) is 3.21. The maximum Gasteiger partial charge on any atom is 0.332 e. The van der Waals surface area contributed by atoms with Crippen LogP contribution >= 0.6 is 0 Å². The van der Waals surface area contributed by atoms with Gasteiger partial charge in [-0.1, -0.05) is 19.1 Å². The number of benzene rings is 1. The number of rotatable bonds is 4. The van der Waals surface area contributed by atoms with Gasteiger partial charge in [0.25, 0.3) is 11.6 Å². The monoisotopic (exact) mass is 356 g/mol. The molecule has 3 aromatic rings. The van der Waals surface area contributed by atoms with Crippen LogP contribution in [0.3, 0.4) is 0 Å². The smallest absolute Gasteiger partial charge is 0.332 e. The van der Waals surface area contributed by atoms with Gasteiger partial charge in [0.15, 0.2) is 17.3 Å². The van der Waals surface area contributed by atoms with Gasteiger partial charge in [0, 0.05) is 14.1 Å². The molecule has 0 radical (unpaired) electrons. The normalized spacial score (nSPS) is 15.9. The summed E-state index contributed by atoms with van der Waals surface area (Å²) in [6.45, 7) is 2.90. The lowest BCUT2D eigenvalue weighted by Gasteiger charge is -2.12. The SMILES string of the molecule is CCc1cccc(OC[C@H]2Cn3c(nc4c3c(=O)n(C)c(=O)n4C)O2)c1. The quantitative estimate of drug-likeness (QED) is 0.692. The van der Waals surface area contributed by atoms with Crippen molar-refractivity contribution in [3.05, 3.63) is 50.7 Å². The van der Waals surface area contributed by atoms with Gasteiger partial charge in [-0.25, -0.2) is 4.79 Å². The summed E-state index contributed by atoms with van der Waals surface area (Å²) in [6.07, 6.45) is 0.703. The van der Waals surface area contributed by atoms with Gasteiger partial charge in [0.1, 0.15) is 12.4 Å². The molecule has 1 aliphatic rings. The minimum absolute atomic E-state index is 0.242. The number of nitrogens with zero attached hydrogens (tertiary/aromatic N) is 4. The summed E-state index contributed by atoms with van der Waals surface area (Å²) in [6, 6.07) is 8.28. The number of fused-ring (bicyclic) bond motifs is 3. The van der Waals surface area contributed by atoms with Gasteiger partial charge in [0.2, 0.25) is 0 Å². The topological polar surface area (TPSA) is 80.3 Å². The van der Waals surface area contributed by atoms with Crippen molar-refractivity contribution in [2.75, 3.05) is 6.61 Å². The van der Waals surface area contributed by atoms with Gasteiger partial charge in [-0.05, 0) is 24.1 Å². The third-order valence-electron chi connectivity index (χ3n) is 4.71. The van der Waals surface area contributed by atoms with Gasteiger partial charge < -0.3 is 9.47 Å². The largest absolute Gasteiger partial charge is 0.490 e. The third kappa shape index (κ3) is 2.49. The molecule has 0 bridgehead atoms. The van der Waals surface area contributed by atoms with Crippen molar-refractivity contribution in [1.29, 1.82) is 0 Å². The summed E-state index contributed by atoms with van der Waals surface area (Å²) in [5.74, 6) is 0.792. The molecule has 0 amide bonds. The Morgan fingerprint density at radius 3 is 2.85 bits per heavy atom. The molecule has 0 unspecified atom stereocenters. The highest BCUT2D eigenvalue weighted by atomic mass is 16.6. The van der Waals surface area contributed by atoms with Crippen LogP contribution < -0.4 is 20.7 Å². The molecule has 2 aromatic heterocycles. The lowest BCUT2D eigenvalue weighted by molar-refractivity contribution is 0.143. The van der Waals surface area contributed by atoms with E-state index in [-0.39, 0.29) is 11.7 Å². The molecule has 1 aromatic carbocycles. The molecule has 26 heavy (non-hydrogen) atoms. The molecule has 1 aliphatic heterocycles. The van der Waals surface area contributed by atoms with Crippen molar-refractivity contribution < 1.29 is 9.47 Å². The third-order valence-corrected chi connectivity index (χ3v) is 4.71. The van der Waals surface area contributed by atoms with Crippen molar-refractivity contribution in [1.82, 2.24) is 18.7 Å². The van der Waals surface area contributed by atoms with E-state index < -0.39 is 5.69 Å². The molecular formula is C18H20N4O4. The Kier molecular flexibility index (Phi) is 3.82. The molecule has 0 saturated carbocycles. The summed E-state index contributed by atoms with van der Waals surface area (Å²) < 4.78 is 15.8. The number of ether oxygens (including phenoxy) is 2. The maximum atomic E-state index is 12.5. The van der Waals surface area contributed by atoms with Gasteiger partial charge in [0.05, 0.1) is 6.54 Å². The summed E-state index contributed by atoms with van der Waals surface area (Å²) in [4.78, 5) is 28.8. The molecule has 0 N–H and O–H groups in total. The zero-order valence-electron chi connectivity index (χ0n) is 14.9. The Morgan fingerprint density at radius 2 is 2.08 bits per heavy atom. The summed E-state index contributed by atoms with van der Waals surface area (Å²) in [5.41, 5.74) is 1.14. The van der Waals surface area contributed by atoms with Crippen LogP contribution in [-0.4, -0.2) is 31.4 Å². The van der Waals surface area contributed by atoms with E-state index in [1.54, 1.807) is 11.6 Å². The number of hydrogen-bond donors (Lipinski definition) is 0. The molecule has 8 heteroatoms. The predicted octanol–water partition coefficient (Wildman–Crippen LogP) is 0.836. The van der Waals surface area contributed by atoms with Gasteiger partial charge in [-0.15, -0.1) is 0 Å². The van der Waals surface area contributed by atoms with E-state index in [4.69, 9.17) is 9.47 Å². The van der Waals surface area contributed by atoms with Crippen molar-refractivity contribution in [2.24, 2.45) is 14.1 Å². The first-order valence-electron chi connectivity index (χ1n) is 8.54. The molecule has 8 nitrogen and oxygen atoms in total. The molecule has 0 fully saturated rings. The van der Waals surface area contributed by atoms with Gasteiger partial charge in [-0.2, -0.15) is 4.98 Å². The fourth-order valence-corrected chi connectivity index (χ4v) is 3.21. The Balaban J connectivity index is 1.58. The Morgan fingerprint density at radius 1 is 1.27 bits per heavy atom. The molecule has 0 spiro atoms. The van der Waals surface area contributed by atoms with Crippen LogP contribution in [0.25, 0.3) is 11.2 Å². The lowest BCUT2D eigenvalue weighted by atomic mass is 10.2. The van der Waals surface area contributed by atoms with Crippen molar-refractivity contribution in [2.45, 2.75) is 26.0 Å². The fraction of sp³-hybridized carbons (Fsp3) is 0.389. The zero-order valence-corrected chi connectivity index (χ0v) is 14.9. The van der Waals surface area contributed by atoms with Crippen molar-refractivity contribution in [3.63, 3.8) is 0 Å². The van der Waals surface area contributed by atoms with E-state index in [9.17, 15) is 9.59 Å². The van der Waals surface area contributed by atoms with E-state index in [2.05, 4.69) is 18.0 Å². The van der Waals surface area contributed by atoms with Gasteiger partial charge in [-0.3, -0.25) is 18.5 Å². The number of aryl methyl sites for hydroxylation is 2. The summed E-state index contributed by atoms with van der Waals surface area (Å²) in [7, 11) is 3.05. The Bertz CT molecular complexity index is 1110. The second-order valence-corrected chi connectivity index (χ2v) is 6.43. The van der Waals surface area contributed by atoms with Crippen LogP contribution in [0.15, 0.2) is 33.9 Å². The molecule has 0 aliphatic carbocycles. The van der Waals surface area contributed by atoms with Crippen molar-refractivity contribution in [3.8, 4) is 11.8 Å². The minimum Gasteiger partial charge on any atom is -0.490 e. The predicted molar refractivity (Wildman–Crippen MR) is 95.9 cm³/mol. The van der Waals surface area contributed by atoms with E-state index >= 15 is 0 Å². The lowest BCUT2D eigenvalue weighted by Crippen LogP contribution is -2.37. The van der Waals surface area contributed by atoms with E-state index in [1.807, 2.05) is 18.2 Å². The first-order valence-corrected chi connectivity index (χ1v) is 8.54. The second kappa shape index (κ2) is 6.05. The van der Waals surface area contributed by atoms with Crippen LogP contribution in [0.1, 0.15) is 12.5 Å². The Hall–Kier alpha value is -3.03. The van der Waals surface area contributed by atoms with E-state index in [1.165, 1.54) is 17.2 Å². The van der Waals surface area contributed by atoms with Crippen LogP contribution in [0.2, 0.25) is 0 Å². The molecule has 4 rings (SSSR count). The second-order valence-electron chi connectivity index (χ2n) is 6.43. The van der Waals surface area contributed by atoms with Crippen LogP contribution in [0.5, 0.6) is 11.8 Å². The standard InChI is InChI=1S/C18H20N4O4/c1-4-11-6-5-7-12(8-11)25-10-13-9-22-14-15(19-17(22)26-13)20(2)18(24)21(3)16(14)23/h5-8,13H,4,9-10H2,1-3H3/t13-/m1/s1. The van der Waals surface area contributed by atoms with Crippen LogP contribution in [0.4, 0.5) is 0 Å². The summed E-state index contributed by atoms with van der Waals surface area (Å²) in [5, 5.41) is 0. The molecule has 3 heterocycles. The van der Waals surface area contributed by atoms with Crippen LogP contribution in [0, 0.1) is 0 Å². The highest BCUT2D eigenvalue weighted by Crippen LogP contribution is 2.25. The highest BCUT2D eigenvalue weighted by Gasteiger charge is 2.30. The molecule has 0 saturated heterocycles. The summed E-state index contributed by atoms with van der Waals surface area (Å²) >= 11 is 0. The van der Waals surface area contributed by atoms with E-state index in [0.29, 0.717) is 30.3 Å². The molecule has 1 atom stereocenters. The van der Waals surface area contributed by atoms with Crippen molar-refractivity contribution >= 4 is 11.2 Å². The first-order chi connectivity index (χ1) is 12.5. The number of imidazole rings is 1. The highest BCUT2D eigenvalue weighted by molar-refractivity contribution is 5.72. The van der Waals surface area contributed by atoms with Crippen LogP contribution in [-0.2, 0) is 27.1 Å². The molecular weight excluding hydrogens is 336 g/mol. The Labute approximate surface area is 149 Å². The first kappa shape index (κ1) is 16.4. The minimum atomic E-state index is -0.407. The average Bonchev–Trinajstić information content (AvgIpc) is 3.20.